The third-order valence-electron chi connectivity index (χ3n) is 3.17. The van der Waals surface area contributed by atoms with Crippen LogP contribution in [0.1, 0.15) is 30.1 Å². The van der Waals surface area contributed by atoms with Gasteiger partial charge in [0.2, 0.25) is 0 Å². The maximum Gasteiger partial charge on any atom is 0.347 e. The van der Waals surface area contributed by atoms with Crippen LogP contribution in [0.3, 0.4) is 0 Å². The van der Waals surface area contributed by atoms with Crippen LogP contribution in [0.15, 0.2) is 18.2 Å². The van der Waals surface area contributed by atoms with Crippen molar-refractivity contribution in [2.45, 2.75) is 25.9 Å². The van der Waals surface area contributed by atoms with Crippen LogP contribution in [0.2, 0.25) is 0 Å². The number of ether oxygens (including phenoxy) is 3. The summed E-state index contributed by atoms with van der Waals surface area (Å²) in [6, 6.07) is 5.02. The number of para-hydroxylation sites is 1. The van der Waals surface area contributed by atoms with Gasteiger partial charge >= 0.3 is 5.97 Å². The van der Waals surface area contributed by atoms with E-state index in [2.05, 4.69) is 0 Å². The third-order valence-corrected chi connectivity index (χ3v) is 3.17. The Morgan fingerprint density at radius 2 is 2.20 bits per heavy atom. The quantitative estimate of drug-likeness (QED) is 0.565. The summed E-state index contributed by atoms with van der Waals surface area (Å²) in [5.74, 6) is 0.496. The highest BCUT2D eigenvalue weighted by molar-refractivity contribution is 5.82. The first-order valence-corrected chi connectivity index (χ1v) is 6.66. The molecule has 5 nitrogen and oxygen atoms in total. The van der Waals surface area contributed by atoms with E-state index in [-0.39, 0.29) is 5.92 Å². The highest BCUT2D eigenvalue weighted by atomic mass is 16.6. The van der Waals surface area contributed by atoms with Gasteiger partial charge in [0.05, 0.1) is 19.3 Å². The highest BCUT2D eigenvalue weighted by Crippen LogP contribution is 2.38. The molecule has 0 radical (unpaired) electrons. The fraction of sp³-hybridized carbons (Fsp3) is 0.467. The molecule has 108 valence electrons. The van der Waals surface area contributed by atoms with Gasteiger partial charge in [-0.15, -0.1) is 0 Å². The number of aldehydes is 1. The van der Waals surface area contributed by atoms with Crippen molar-refractivity contribution in [2.24, 2.45) is 5.92 Å². The Morgan fingerprint density at radius 3 is 2.75 bits per heavy atom. The monoisotopic (exact) mass is 278 g/mol. The number of esters is 1. The van der Waals surface area contributed by atoms with E-state index < -0.39 is 12.1 Å². The number of carbonyl (C=O) groups is 2. The molecule has 1 aromatic carbocycles. The van der Waals surface area contributed by atoms with E-state index in [0.717, 1.165) is 12.8 Å². The van der Waals surface area contributed by atoms with E-state index in [4.69, 9.17) is 14.2 Å². The molecule has 20 heavy (non-hydrogen) atoms. The molecule has 0 spiro atoms. The van der Waals surface area contributed by atoms with E-state index in [9.17, 15) is 9.59 Å². The maximum atomic E-state index is 12.0. The number of hydrogen-bond donors (Lipinski definition) is 0. The number of methoxy groups -OCH3 is 1. The van der Waals surface area contributed by atoms with Gasteiger partial charge in [-0.3, -0.25) is 4.79 Å². The largest absolute Gasteiger partial charge is 0.493 e. The van der Waals surface area contributed by atoms with Crippen molar-refractivity contribution in [1.29, 1.82) is 0 Å². The maximum absolute atomic E-state index is 12.0. The minimum absolute atomic E-state index is 0.151. The molecule has 0 amide bonds. The summed E-state index contributed by atoms with van der Waals surface area (Å²) in [5, 5.41) is 0. The molecule has 0 heterocycles. The number of rotatable bonds is 7. The molecule has 1 aliphatic rings. The third kappa shape index (κ3) is 3.10. The Kier molecular flexibility index (Phi) is 4.61. The second-order valence-electron chi connectivity index (χ2n) is 4.62. The van der Waals surface area contributed by atoms with Gasteiger partial charge in [-0.2, -0.15) is 0 Å². The van der Waals surface area contributed by atoms with Crippen molar-refractivity contribution >= 4 is 12.3 Å². The minimum atomic E-state index is -0.676. The van der Waals surface area contributed by atoms with Crippen molar-refractivity contribution in [3.8, 4) is 11.5 Å². The van der Waals surface area contributed by atoms with Gasteiger partial charge in [0.25, 0.3) is 0 Å². The molecule has 1 unspecified atom stereocenters. The predicted molar refractivity (Wildman–Crippen MR) is 72.2 cm³/mol. The number of hydrogen-bond acceptors (Lipinski definition) is 5. The number of benzene rings is 1. The molecule has 0 saturated heterocycles. The first-order valence-electron chi connectivity index (χ1n) is 6.66. The van der Waals surface area contributed by atoms with Crippen LogP contribution in [0.4, 0.5) is 0 Å². The fourth-order valence-corrected chi connectivity index (χ4v) is 2.00. The summed E-state index contributed by atoms with van der Waals surface area (Å²) in [5.41, 5.74) is 0.360. The highest BCUT2D eigenvalue weighted by Gasteiger charge is 2.40. The van der Waals surface area contributed by atoms with Gasteiger partial charge in [0.15, 0.2) is 23.9 Å². The average molecular weight is 278 g/mol. The summed E-state index contributed by atoms with van der Waals surface area (Å²) in [6.07, 6.45) is 1.86. The zero-order valence-electron chi connectivity index (χ0n) is 11.6. The molecule has 1 saturated carbocycles. The molecular formula is C15H18O5. The molecular weight excluding hydrogens is 260 g/mol. The molecule has 0 N–H and O–H groups in total. The Hall–Kier alpha value is -2.04. The van der Waals surface area contributed by atoms with Crippen molar-refractivity contribution in [1.82, 2.24) is 0 Å². The average Bonchev–Trinajstić information content (AvgIpc) is 3.29. The zero-order chi connectivity index (χ0) is 14.5. The van der Waals surface area contributed by atoms with E-state index in [1.54, 1.807) is 25.1 Å². The first kappa shape index (κ1) is 14.4. The Morgan fingerprint density at radius 1 is 1.45 bits per heavy atom. The van der Waals surface area contributed by atoms with Gasteiger partial charge in [-0.05, 0) is 31.9 Å². The first-order chi connectivity index (χ1) is 9.71. The molecule has 5 heteroatoms. The van der Waals surface area contributed by atoms with Crippen LogP contribution in [0, 0.1) is 5.92 Å². The lowest BCUT2D eigenvalue weighted by Gasteiger charge is -2.19. The zero-order valence-corrected chi connectivity index (χ0v) is 11.6. The predicted octanol–water partition coefficient (Wildman–Crippen LogP) is 2.23. The molecule has 0 bridgehead atoms. The van der Waals surface area contributed by atoms with Crippen LogP contribution >= 0.6 is 0 Å². The van der Waals surface area contributed by atoms with Crippen LogP contribution in [0.25, 0.3) is 0 Å². The topological polar surface area (TPSA) is 61.8 Å². The van der Waals surface area contributed by atoms with Gasteiger partial charge in [0.1, 0.15) is 0 Å². The lowest BCUT2D eigenvalue weighted by Crippen LogP contribution is -2.32. The number of carbonyl (C=O) groups excluding carboxylic acids is 2. The van der Waals surface area contributed by atoms with E-state index in [1.807, 2.05) is 0 Å². The lowest BCUT2D eigenvalue weighted by atomic mass is 10.2. The van der Waals surface area contributed by atoms with Crippen molar-refractivity contribution in [2.75, 3.05) is 13.7 Å². The van der Waals surface area contributed by atoms with E-state index in [0.29, 0.717) is 30.0 Å². The van der Waals surface area contributed by atoms with Crippen LogP contribution in [0.5, 0.6) is 11.5 Å². The molecule has 2 rings (SSSR count). The van der Waals surface area contributed by atoms with E-state index >= 15 is 0 Å². The van der Waals surface area contributed by atoms with Gasteiger partial charge in [0, 0.05) is 5.92 Å². The summed E-state index contributed by atoms with van der Waals surface area (Å²) in [4.78, 5) is 23.1. The standard InChI is InChI=1S/C15H18O5/c1-3-19-15(17)14(10-7-8-10)20-13-11(9-16)5-4-6-12(13)18-2/h4-6,9-10,14H,3,7-8H2,1-2H3. The van der Waals surface area contributed by atoms with Crippen LogP contribution in [-0.2, 0) is 9.53 Å². The van der Waals surface area contributed by atoms with Crippen molar-refractivity contribution in [3.63, 3.8) is 0 Å². The molecule has 1 fully saturated rings. The Labute approximate surface area is 117 Å². The molecule has 0 aromatic heterocycles. The molecule has 0 aliphatic heterocycles. The van der Waals surface area contributed by atoms with Gasteiger partial charge < -0.3 is 14.2 Å². The molecule has 1 aromatic rings. The molecule has 1 aliphatic carbocycles. The second-order valence-corrected chi connectivity index (χ2v) is 4.62. The van der Waals surface area contributed by atoms with Crippen molar-refractivity contribution < 1.29 is 23.8 Å². The SMILES string of the molecule is CCOC(=O)C(Oc1c(C=O)cccc1OC)C1CC1. The summed E-state index contributed by atoms with van der Waals surface area (Å²) in [7, 11) is 1.49. The van der Waals surface area contributed by atoms with Crippen molar-refractivity contribution in [3.05, 3.63) is 23.8 Å². The lowest BCUT2D eigenvalue weighted by molar-refractivity contribution is -0.152. The van der Waals surface area contributed by atoms with Crippen LogP contribution < -0.4 is 9.47 Å². The van der Waals surface area contributed by atoms with Gasteiger partial charge in [-0.25, -0.2) is 4.79 Å². The summed E-state index contributed by atoms with van der Waals surface area (Å²) >= 11 is 0. The second kappa shape index (κ2) is 6.41. The Balaban J connectivity index is 2.26. The smallest absolute Gasteiger partial charge is 0.347 e. The van der Waals surface area contributed by atoms with Crippen LogP contribution in [-0.4, -0.2) is 32.1 Å². The van der Waals surface area contributed by atoms with E-state index in [1.165, 1.54) is 7.11 Å². The van der Waals surface area contributed by atoms with Gasteiger partial charge in [-0.1, -0.05) is 6.07 Å². The fourth-order valence-electron chi connectivity index (χ4n) is 2.00. The summed E-state index contributed by atoms with van der Waals surface area (Å²) in [6.45, 7) is 2.06. The Bertz CT molecular complexity index is 493. The molecule has 1 atom stereocenters. The summed E-state index contributed by atoms with van der Waals surface area (Å²) < 4.78 is 16.0. The minimum Gasteiger partial charge on any atom is -0.493 e. The normalized spacial score (nSPS) is 15.3.